The van der Waals surface area contributed by atoms with E-state index in [1.165, 1.54) is 0 Å². The molecule has 0 heterocycles. The highest BCUT2D eigenvalue weighted by Crippen LogP contribution is 2.43. The third kappa shape index (κ3) is 1.13. The van der Waals surface area contributed by atoms with Crippen LogP contribution in [0, 0.1) is 0 Å². The predicted molar refractivity (Wildman–Crippen MR) is 47.5 cm³/mol. The largest absolute Gasteiger partial charge is 0.392 e. The average Bonchev–Trinajstić information content (AvgIpc) is 2.85. The topological polar surface area (TPSA) is 46.2 Å². The maximum Gasteiger partial charge on any atom is 0.0685 e. The standard InChI is InChI=1S/C10H13NO/c11-10(5-6-10)9-4-2-1-3-8(9)7-12/h1-4,12H,5-7,11H2. The lowest BCUT2D eigenvalue weighted by Gasteiger charge is -2.12. The lowest BCUT2D eigenvalue weighted by Crippen LogP contribution is -2.20. The van der Waals surface area contributed by atoms with Crippen molar-refractivity contribution in [3.63, 3.8) is 0 Å². The van der Waals surface area contributed by atoms with Crippen LogP contribution >= 0.6 is 0 Å². The molecule has 1 fully saturated rings. The van der Waals surface area contributed by atoms with E-state index < -0.39 is 0 Å². The van der Waals surface area contributed by atoms with Crippen LogP contribution in [0.2, 0.25) is 0 Å². The number of aliphatic hydroxyl groups is 1. The second-order valence-electron chi connectivity index (χ2n) is 3.47. The molecule has 1 saturated carbocycles. The van der Waals surface area contributed by atoms with Gasteiger partial charge in [-0.15, -0.1) is 0 Å². The summed E-state index contributed by atoms with van der Waals surface area (Å²) in [5.41, 5.74) is 8.00. The van der Waals surface area contributed by atoms with Gasteiger partial charge >= 0.3 is 0 Å². The van der Waals surface area contributed by atoms with Crippen LogP contribution in [0.5, 0.6) is 0 Å². The fourth-order valence-corrected chi connectivity index (χ4v) is 1.55. The molecule has 12 heavy (non-hydrogen) atoms. The summed E-state index contributed by atoms with van der Waals surface area (Å²) in [5, 5.41) is 9.05. The summed E-state index contributed by atoms with van der Waals surface area (Å²) in [6.45, 7) is 0.0924. The second-order valence-corrected chi connectivity index (χ2v) is 3.47. The quantitative estimate of drug-likeness (QED) is 0.686. The van der Waals surface area contributed by atoms with Gasteiger partial charge in [-0.3, -0.25) is 0 Å². The first-order valence-corrected chi connectivity index (χ1v) is 4.24. The van der Waals surface area contributed by atoms with E-state index >= 15 is 0 Å². The Hall–Kier alpha value is -0.860. The van der Waals surface area contributed by atoms with Crippen molar-refractivity contribution in [1.82, 2.24) is 0 Å². The van der Waals surface area contributed by atoms with Crippen molar-refractivity contribution in [3.05, 3.63) is 35.4 Å². The molecule has 1 aliphatic rings. The van der Waals surface area contributed by atoms with Crippen molar-refractivity contribution in [2.45, 2.75) is 25.0 Å². The summed E-state index contributed by atoms with van der Waals surface area (Å²) in [4.78, 5) is 0. The fourth-order valence-electron chi connectivity index (χ4n) is 1.55. The van der Waals surface area contributed by atoms with Crippen molar-refractivity contribution in [2.24, 2.45) is 5.73 Å². The van der Waals surface area contributed by atoms with E-state index in [-0.39, 0.29) is 12.1 Å². The van der Waals surface area contributed by atoms with E-state index in [2.05, 4.69) is 0 Å². The van der Waals surface area contributed by atoms with Crippen LogP contribution in [0.25, 0.3) is 0 Å². The molecule has 2 heteroatoms. The highest BCUT2D eigenvalue weighted by atomic mass is 16.3. The van der Waals surface area contributed by atoms with Crippen LogP contribution in [0.3, 0.4) is 0 Å². The molecule has 64 valence electrons. The molecule has 0 saturated heterocycles. The van der Waals surface area contributed by atoms with E-state index in [0.29, 0.717) is 0 Å². The van der Waals surface area contributed by atoms with E-state index in [0.717, 1.165) is 24.0 Å². The smallest absolute Gasteiger partial charge is 0.0685 e. The highest BCUT2D eigenvalue weighted by Gasteiger charge is 2.41. The first-order chi connectivity index (χ1) is 5.76. The zero-order chi connectivity index (χ0) is 8.60. The second kappa shape index (κ2) is 2.57. The van der Waals surface area contributed by atoms with Crippen molar-refractivity contribution in [2.75, 3.05) is 0 Å². The van der Waals surface area contributed by atoms with Crippen LogP contribution in [-0.2, 0) is 12.1 Å². The summed E-state index contributed by atoms with van der Waals surface area (Å²) in [6, 6.07) is 7.85. The number of nitrogens with two attached hydrogens (primary N) is 1. The Bertz CT molecular complexity index is 292. The van der Waals surface area contributed by atoms with Crippen LogP contribution < -0.4 is 5.73 Å². The molecule has 1 aromatic rings. The number of hydrogen-bond acceptors (Lipinski definition) is 2. The van der Waals surface area contributed by atoms with Crippen LogP contribution in [0.4, 0.5) is 0 Å². The Morgan fingerprint density at radius 2 is 2.00 bits per heavy atom. The normalized spacial score (nSPS) is 19.2. The molecule has 0 atom stereocenters. The summed E-state index contributed by atoms with van der Waals surface area (Å²) in [6.07, 6.45) is 2.09. The summed E-state index contributed by atoms with van der Waals surface area (Å²) in [5.74, 6) is 0. The number of aliphatic hydroxyl groups excluding tert-OH is 1. The molecule has 0 amide bonds. The molecule has 3 N–H and O–H groups in total. The zero-order valence-corrected chi connectivity index (χ0v) is 6.96. The molecule has 1 aliphatic carbocycles. The van der Waals surface area contributed by atoms with Gasteiger partial charge in [-0.1, -0.05) is 24.3 Å². The molecular formula is C10H13NO. The molecule has 0 aliphatic heterocycles. The molecule has 0 spiro atoms. The van der Waals surface area contributed by atoms with Gasteiger partial charge in [0.25, 0.3) is 0 Å². The highest BCUT2D eigenvalue weighted by molar-refractivity contribution is 5.36. The van der Waals surface area contributed by atoms with Crippen LogP contribution in [0.15, 0.2) is 24.3 Å². The first kappa shape index (κ1) is 7.77. The Morgan fingerprint density at radius 3 is 2.58 bits per heavy atom. The van der Waals surface area contributed by atoms with Gasteiger partial charge in [-0.2, -0.15) is 0 Å². The van der Waals surface area contributed by atoms with Crippen molar-refractivity contribution >= 4 is 0 Å². The Morgan fingerprint density at radius 1 is 1.33 bits per heavy atom. The third-order valence-electron chi connectivity index (χ3n) is 2.51. The molecule has 2 nitrogen and oxygen atoms in total. The number of hydrogen-bond donors (Lipinski definition) is 2. The Labute approximate surface area is 72.0 Å². The maximum atomic E-state index is 9.05. The van der Waals surface area contributed by atoms with Crippen molar-refractivity contribution in [3.8, 4) is 0 Å². The lowest BCUT2D eigenvalue weighted by molar-refractivity contribution is 0.279. The van der Waals surface area contributed by atoms with E-state index in [4.69, 9.17) is 10.8 Å². The molecule has 0 bridgehead atoms. The van der Waals surface area contributed by atoms with Crippen LogP contribution in [0.1, 0.15) is 24.0 Å². The van der Waals surface area contributed by atoms with Gasteiger partial charge in [0.05, 0.1) is 6.61 Å². The lowest BCUT2D eigenvalue weighted by atomic mass is 10.00. The van der Waals surface area contributed by atoms with Crippen molar-refractivity contribution < 1.29 is 5.11 Å². The molecule has 2 rings (SSSR count). The zero-order valence-electron chi connectivity index (χ0n) is 6.96. The summed E-state index contributed by atoms with van der Waals surface area (Å²) >= 11 is 0. The van der Waals surface area contributed by atoms with Gasteiger partial charge in [0.15, 0.2) is 0 Å². The Kier molecular flexibility index (Phi) is 1.67. The van der Waals surface area contributed by atoms with Gasteiger partial charge in [0.1, 0.15) is 0 Å². The SMILES string of the molecule is NC1(c2ccccc2CO)CC1. The van der Waals surface area contributed by atoms with E-state index in [1.54, 1.807) is 0 Å². The first-order valence-electron chi connectivity index (χ1n) is 4.24. The van der Waals surface area contributed by atoms with E-state index in [1.807, 2.05) is 24.3 Å². The van der Waals surface area contributed by atoms with Crippen LogP contribution in [-0.4, -0.2) is 5.11 Å². The number of benzene rings is 1. The molecule has 0 aromatic heterocycles. The third-order valence-corrected chi connectivity index (χ3v) is 2.51. The monoisotopic (exact) mass is 163 g/mol. The molecule has 0 unspecified atom stereocenters. The van der Waals surface area contributed by atoms with Gasteiger partial charge in [0.2, 0.25) is 0 Å². The van der Waals surface area contributed by atoms with E-state index in [9.17, 15) is 0 Å². The maximum absolute atomic E-state index is 9.05. The minimum atomic E-state index is -0.126. The van der Waals surface area contributed by atoms with Gasteiger partial charge in [0, 0.05) is 5.54 Å². The minimum absolute atomic E-state index is 0.0924. The average molecular weight is 163 g/mol. The summed E-state index contributed by atoms with van der Waals surface area (Å²) < 4.78 is 0. The van der Waals surface area contributed by atoms with Gasteiger partial charge < -0.3 is 10.8 Å². The van der Waals surface area contributed by atoms with Crippen molar-refractivity contribution in [1.29, 1.82) is 0 Å². The number of rotatable bonds is 2. The predicted octanol–water partition coefficient (Wildman–Crippen LogP) is 1.13. The molecule has 0 radical (unpaired) electrons. The van der Waals surface area contributed by atoms with Gasteiger partial charge in [-0.25, -0.2) is 0 Å². The summed E-state index contributed by atoms with van der Waals surface area (Å²) in [7, 11) is 0. The Balaban J connectivity index is 2.42. The fraction of sp³-hybridized carbons (Fsp3) is 0.400. The minimum Gasteiger partial charge on any atom is -0.392 e. The van der Waals surface area contributed by atoms with Gasteiger partial charge in [-0.05, 0) is 24.0 Å². The molecular weight excluding hydrogens is 150 g/mol. The molecule has 1 aromatic carbocycles.